The van der Waals surface area contributed by atoms with Crippen LogP contribution in [0.25, 0.3) is 0 Å². The second-order valence-corrected chi connectivity index (χ2v) is 5.48. The highest BCUT2D eigenvalue weighted by Crippen LogP contribution is 2.28. The highest BCUT2D eigenvalue weighted by Gasteiger charge is 2.33. The molecule has 1 saturated heterocycles. The minimum absolute atomic E-state index is 0.425. The van der Waals surface area contributed by atoms with E-state index in [-0.39, 0.29) is 0 Å². The molecule has 0 spiro atoms. The summed E-state index contributed by atoms with van der Waals surface area (Å²) in [5, 5.41) is 0. The molecule has 2 aliphatic rings. The zero-order valence-electron chi connectivity index (χ0n) is 12.6. The van der Waals surface area contributed by atoms with Crippen LogP contribution in [0.5, 0.6) is 0 Å². The molecule has 0 N–H and O–H groups in total. The van der Waals surface area contributed by atoms with Gasteiger partial charge in [0.15, 0.2) is 0 Å². The summed E-state index contributed by atoms with van der Waals surface area (Å²) in [6.07, 6.45) is 12.8. The summed E-state index contributed by atoms with van der Waals surface area (Å²) >= 11 is 0. The van der Waals surface area contributed by atoms with Crippen molar-refractivity contribution < 1.29 is 14.3 Å². The number of nitrogens with zero attached hydrogens (tertiary/aromatic N) is 1. The Balaban J connectivity index is 1.70. The molecule has 1 saturated carbocycles. The first-order valence-corrected chi connectivity index (χ1v) is 7.77. The zero-order chi connectivity index (χ0) is 14.9. The number of rotatable bonds is 7. The molecule has 0 bridgehead atoms. The van der Waals surface area contributed by atoms with E-state index in [1.165, 1.54) is 31.8 Å². The van der Waals surface area contributed by atoms with Crippen molar-refractivity contribution in [3.05, 3.63) is 36.6 Å². The summed E-state index contributed by atoms with van der Waals surface area (Å²) in [6.45, 7) is 6.98. The van der Waals surface area contributed by atoms with E-state index in [9.17, 15) is 4.79 Å². The zero-order valence-corrected chi connectivity index (χ0v) is 12.6. The van der Waals surface area contributed by atoms with Crippen molar-refractivity contribution in [1.29, 1.82) is 0 Å². The van der Waals surface area contributed by atoms with E-state index in [4.69, 9.17) is 9.47 Å². The van der Waals surface area contributed by atoms with Gasteiger partial charge in [-0.2, -0.15) is 0 Å². The number of morpholine rings is 1. The maximum atomic E-state index is 10.6. The highest BCUT2D eigenvalue weighted by molar-refractivity contribution is 5.77. The van der Waals surface area contributed by atoms with Crippen molar-refractivity contribution in [3.8, 4) is 0 Å². The molecule has 1 aliphatic heterocycles. The molecular weight excluding hydrogens is 266 g/mol. The van der Waals surface area contributed by atoms with Gasteiger partial charge in [-0.1, -0.05) is 25.5 Å². The molecular formula is C17H25NO3. The van der Waals surface area contributed by atoms with Crippen LogP contribution in [-0.2, 0) is 14.3 Å². The largest absolute Gasteiger partial charge is 0.500 e. The lowest BCUT2D eigenvalue weighted by Gasteiger charge is -2.43. The molecule has 4 nitrogen and oxygen atoms in total. The Hall–Kier alpha value is -1.39. The molecule has 116 valence electrons. The fourth-order valence-corrected chi connectivity index (χ4v) is 3.05. The van der Waals surface area contributed by atoms with E-state index >= 15 is 0 Å². The van der Waals surface area contributed by atoms with E-state index < -0.39 is 0 Å². The summed E-state index contributed by atoms with van der Waals surface area (Å²) in [5.41, 5.74) is 0.549. The number of fused-ring (bicyclic) bond motifs is 1. The molecule has 0 aromatic heterocycles. The normalized spacial score (nSPS) is 27.3. The SMILES string of the molecule is C=C/C(C=O)=C\C=C\OCCN1CCOC2CCCCC21. The van der Waals surface area contributed by atoms with Gasteiger partial charge in [-0.25, -0.2) is 0 Å². The van der Waals surface area contributed by atoms with Crippen LogP contribution in [0.15, 0.2) is 36.6 Å². The first-order valence-electron chi connectivity index (χ1n) is 7.77. The van der Waals surface area contributed by atoms with Crippen molar-refractivity contribution >= 4 is 6.29 Å². The fraction of sp³-hybridized carbons (Fsp3) is 0.588. The number of carbonyl (C=O) groups excluding carboxylic acids is 1. The topological polar surface area (TPSA) is 38.8 Å². The molecule has 2 fully saturated rings. The summed E-state index contributed by atoms with van der Waals surface area (Å²) in [5.74, 6) is 0. The molecule has 0 aromatic rings. The van der Waals surface area contributed by atoms with Crippen LogP contribution in [-0.4, -0.2) is 49.6 Å². The van der Waals surface area contributed by atoms with Crippen LogP contribution in [0.2, 0.25) is 0 Å². The van der Waals surface area contributed by atoms with Crippen molar-refractivity contribution in [2.75, 3.05) is 26.3 Å². The minimum atomic E-state index is 0.425. The second-order valence-electron chi connectivity index (χ2n) is 5.48. The van der Waals surface area contributed by atoms with Crippen molar-refractivity contribution in [1.82, 2.24) is 4.90 Å². The van der Waals surface area contributed by atoms with Gasteiger partial charge in [0.05, 0.1) is 25.6 Å². The first kappa shape index (κ1) is 16.0. The van der Waals surface area contributed by atoms with Gasteiger partial charge >= 0.3 is 0 Å². The van der Waals surface area contributed by atoms with Crippen LogP contribution in [0.1, 0.15) is 25.7 Å². The van der Waals surface area contributed by atoms with Gasteiger partial charge in [0.25, 0.3) is 0 Å². The maximum absolute atomic E-state index is 10.6. The van der Waals surface area contributed by atoms with E-state index in [2.05, 4.69) is 11.5 Å². The Morgan fingerprint density at radius 3 is 3.05 bits per heavy atom. The van der Waals surface area contributed by atoms with Crippen molar-refractivity contribution in [2.45, 2.75) is 37.8 Å². The average molecular weight is 291 g/mol. The van der Waals surface area contributed by atoms with Gasteiger partial charge in [0.2, 0.25) is 0 Å². The van der Waals surface area contributed by atoms with Gasteiger partial charge in [0, 0.05) is 24.7 Å². The Kier molecular flexibility index (Phi) is 6.70. The van der Waals surface area contributed by atoms with Gasteiger partial charge in [-0.05, 0) is 25.0 Å². The van der Waals surface area contributed by atoms with Gasteiger partial charge in [-0.15, -0.1) is 0 Å². The van der Waals surface area contributed by atoms with Crippen molar-refractivity contribution in [2.24, 2.45) is 0 Å². The summed E-state index contributed by atoms with van der Waals surface area (Å²) in [6, 6.07) is 0.572. The van der Waals surface area contributed by atoms with Gasteiger partial charge < -0.3 is 9.47 Å². The molecule has 0 aromatic carbocycles. The second kappa shape index (κ2) is 8.80. The van der Waals surface area contributed by atoms with Crippen molar-refractivity contribution in [3.63, 3.8) is 0 Å². The number of ether oxygens (including phenoxy) is 2. The lowest BCUT2D eigenvalue weighted by molar-refractivity contribution is -0.104. The maximum Gasteiger partial charge on any atom is 0.150 e. The standard InChI is InChI=1S/C17H25NO3/c1-2-15(14-19)6-5-11-20-12-9-18-10-13-21-17-8-4-3-7-16(17)18/h2,5-6,11,14,16-17H,1,3-4,7-10,12-13H2/b11-5+,15-6+. The molecule has 2 unspecified atom stereocenters. The molecule has 0 amide bonds. The van der Waals surface area contributed by atoms with E-state index in [1.807, 2.05) is 0 Å². The molecule has 1 heterocycles. The average Bonchev–Trinajstić information content (AvgIpc) is 2.54. The summed E-state index contributed by atoms with van der Waals surface area (Å²) in [7, 11) is 0. The fourth-order valence-electron chi connectivity index (χ4n) is 3.05. The van der Waals surface area contributed by atoms with Crippen LogP contribution in [0.3, 0.4) is 0 Å². The third-order valence-corrected chi connectivity index (χ3v) is 4.18. The Labute approximate surface area is 127 Å². The highest BCUT2D eigenvalue weighted by atomic mass is 16.5. The van der Waals surface area contributed by atoms with Gasteiger partial charge in [0.1, 0.15) is 6.29 Å². The van der Waals surface area contributed by atoms with Crippen LogP contribution >= 0.6 is 0 Å². The third kappa shape index (κ3) is 4.83. The molecule has 0 radical (unpaired) electrons. The molecule has 4 heteroatoms. The molecule has 2 rings (SSSR count). The predicted molar refractivity (Wildman–Crippen MR) is 83.0 cm³/mol. The first-order chi connectivity index (χ1) is 10.3. The molecule has 21 heavy (non-hydrogen) atoms. The number of allylic oxidation sites excluding steroid dienone is 4. The Morgan fingerprint density at radius 1 is 1.38 bits per heavy atom. The predicted octanol–water partition coefficient (Wildman–Crippen LogP) is 2.47. The molecule has 1 aliphatic carbocycles. The summed E-state index contributed by atoms with van der Waals surface area (Å²) in [4.78, 5) is 13.1. The third-order valence-electron chi connectivity index (χ3n) is 4.18. The Morgan fingerprint density at radius 2 is 2.24 bits per heavy atom. The van der Waals surface area contributed by atoms with Gasteiger partial charge in [-0.3, -0.25) is 9.69 Å². The lowest BCUT2D eigenvalue weighted by Crippen LogP contribution is -2.53. The number of carbonyl (C=O) groups is 1. The lowest BCUT2D eigenvalue weighted by atomic mass is 9.90. The minimum Gasteiger partial charge on any atom is -0.500 e. The van der Waals surface area contributed by atoms with E-state index in [0.29, 0.717) is 24.3 Å². The van der Waals surface area contributed by atoms with Crippen LogP contribution in [0.4, 0.5) is 0 Å². The quantitative estimate of drug-likeness (QED) is 0.237. The summed E-state index contributed by atoms with van der Waals surface area (Å²) < 4.78 is 11.4. The monoisotopic (exact) mass is 291 g/mol. The van der Waals surface area contributed by atoms with E-state index in [1.54, 1.807) is 18.4 Å². The Bertz CT molecular complexity index is 391. The van der Waals surface area contributed by atoms with Crippen LogP contribution in [0, 0.1) is 0 Å². The number of hydrogen-bond acceptors (Lipinski definition) is 4. The van der Waals surface area contributed by atoms with E-state index in [0.717, 1.165) is 26.0 Å². The molecule has 2 atom stereocenters. The smallest absolute Gasteiger partial charge is 0.150 e. The van der Waals surface area contributed by atoms with Crippen LogP contribution < -0.4 is 0 Å². The number of aldehydes is 1. The number of hydrogen-bond donors (Lipinski definition) is 0.